The number of carboxylic acid groups (broad SMARTS) is 1. The molecule has 1 heterocycles. The molecule has 2 amide bonds. The predicted molar refractivity (Wildman–Crippen MR) is 128 cm³/mol. The fourth-order valence-corrected chi connectivity index (χ4v) is 3.74. The number of aromatic carboxylic acids is 1. The number of carboxylic acids is 1. The lowest BCUT2D eigenvalue weighted by Crippen LogP contribution is -2.17. The number of nitrogens with one attached hydrogen (secondary N) is 1. The van der Waals surface area contributed by atoms with E-state index in [1.54, 1.807) is 78.9 Å². The number of hydrogen-bond donors (Lipinski definition) is 2. The maximum atomic E-state index is 12.1. The molecule has 3 aromatic rings. The van der Waals surface area contributed by atoms with Gasteiger partial charge in [0.25, 0.3) is 11.1 Å². The van der Waals surface area contributed by atoms with Gasteiger partial charge in [-0.05, 0) is 75.7 Å². The summed E-state index contributed by atoms with van der Waals surface area (Å²) in [5.41, 5.74) is 1.49. The summed E-state index contributed by atoms with van der Waals surface area (Å²) in [6.07, 6.45) is 1.60. The van der Waals surface area contributed by atoms with Crippen LogP contribution in [0, 0.1) is 0 Å². The summed E-state index contributed by atoms with van der Waals surface area (Å²) in [6.45, 7) is 0. The Morgan fingerprint density at radius 1 is 0.909 bits per heavy atom. The van der Waals surface area contributed by atoms with E-state index in [4.69, 9.17) is 9.84 Å². The maximum absolute atomic E-state index is 12.1. The van der Waals surface area contributed by atoms with Gasteiger partial charge in [0.05, 0.1) is 20.5 Å². The minimum Gasteiger partial charge on any atom is -0.478 e. The predicted octanol–water partition coefficient (Wildman–Crippen LogP) is 5.38. The number of imide groups is 1. The standard InChI is InChI=1S/C17H10BrNO4S.C7H6O2/c18-12-8-10(9-14-15(20)19-17(22)24-14)6-7-13(12)23-16(21)11-4-2-1-3-5-11;8-7(9)6-4-2-1-3-5-6/h1-9H,(H,19,20,22);1-5H,(H,8,9)/b14-9-;. The molecule has 0 spiro atoms. The minimum atomic E-state index is -0.879. The lowest BCUT2D eigenvalue weighted by molar-refractivity contribution is -0.115. The summed E-state index contributed by atoms with van der Waals surface area (Å²) < 4.78 is 5.91. The highest BCUT2D eigenvalue weighted by Crippen LogP contribution is 2.30. The molecule has 33 heavy (non-hydrogen) atoms. The highest BCUT2D eigenvalue weighted by Gasteiger charge is 2.25. The van der Waals surface area contributed by atoms with Crippen LogP contribution in [-0.4, -0.2) is 28.2 Å². The fraction of sp³-hybridized carbons (Fsp3) is 0. The average Bonchev–Trinajstić information content (AvgIpc) is 3.13. The molecule has 0 unspecified atom stereocenters. The molecule has 7 nitrogen and oxygen atoms in total. The number of benzene rings is 3. The van der Waals surface area contributed by atoms with Crippen molar-refractivity contribution in [2.75, 3.05) is 0 Å². The molecule has 0 saturated carbocycles. The van der Waals surface area contributed by atoms with Gasteiger partial charge in [0.1, 0.15) is 5.75 Å². The van der Waals surface area contributed by atoms with E-state index in [2.05, 4.69) is 21.2 Å². The molecule has 1 aliphatic rings. The monoisotopic (exact) mass is 525 g/mol. The molecule has 1 aliphatic heterocycles. The first-order chi connectivity index (χ1) is 15.8. The van der Waals surface area contributed by atoms with Crippen LogP contribution in [0.25, 0.3) is 6.08 Å². The van der Waals surface area contributed by atoms with Gasteiger partial charge in [-0.25, -0.2) is 9.59 Å². The molecule has 0 bridgehead atoms. The van der Waals surface area contributed by atoms with Crippen molar-refractivity contribution in [2.24, 2.45) is 0 Å². The van der Waals surface area contributed by atoms with Gasteiger partial charge in [-0.1, -0.05) is 42.5 Å². The van der Waals surface area contributed by atoms with E-state index in [-0.39, 0.29) is 0 Å². The van der Waals surface area contributed by atoms with Gasteiger partial charge in [-0.3, -0.25) is 14.9 Å². The summed E-state index contributed by atoms with van der Waals surface area (Å²) in [5.74, 6) is -1.39. The molecule has 3 aromatic carbocycles. The molecule has 0 aromatic heterocycles. The Kier molecular flexibility index (Phi) is 8.17. The van der Waals surface area contributed by atoms with Crippen LogP contribution in [0.15, 0.2) is 88.2 Å². The van der Waals surface area contributed by atoms with Crippen molar-refractivity contribution >= 4 is 56.9 Å². The Hall–Kier alpha value is -3.69. The fourth-order valence-electron chi connectivity index (χ4n) is 2.58. The van der Waals surface area contributed by atoms with Gasteiger partial charge in [-0.2, -0.15) is 0 Å². The number of amides is 2. The molecule has 4 rings (SSSR count). The van der Waals surface area contributed by atoms with Crippen LogP contribution in [-0.2, 0) is 4.79 Å². The highest BCUT2D eigenvalue weighted by atomic mass is 79.9. The van der Waals surface area contributed by atoms with Crippen LogP contribution >= 0.6 is 27.7 Å². The Morgan fingerprint density at radius 3 is 2.00 bits per heavy atom. The third-order valence-corrected chi connectivity index (χ3v) is 5.56. The number of rotatable bonds is 4. The zero-order chi connectivity index (χ0) is 23.8. The second-order valence-corrected chi connectivity index (χ2v) is 8.34. The largest absolute Gasteiger partial charge is 0.478 e. The van der Waals surface area contributed by atoms with Crippen LogP contribution in [0.4, 0.5) is 4.79 Å². The molecular formula is C24H16BrNO6S. The van der Waals surface area contributed by atoms with Crippen LogP contribution < -0.4 is 10.1 Å². The third-order valence-electron chi connectivity index (χ3n) is 4.13. The normalized spacial score (nSPS) is 13.7. The number of esters is 1. The lowest BCUT2D eigenvalue weighted by atomic mass is 10.2. The third kappa shape index (κ3) is 6.90. The van der Waals surface area contributed by atoms with Crippen molar-refractivity contribution in [1.29, 1.82) is 0 Å². The van der Waals surface area contributed by atoms with Crippen molar-refractivity contribution in [1.82, 2.24) is 5.32 Å². The molecule has 0 atom stereocenters. The molecule has 0 aliphatic carbocycles. The second kappa shape index (κ2) is 11.3. The van der Waals surface area contributed by atoms with Crippen LogP contribution in [0.1, 0.15) is 26.3 Å². The lowest BCUT2D eigenvalue weighted by Gasteiger charge is -2.07. The van der Waals surface area contributed by atoms with Crippen molar-refractivity contribution in [3.63, 3.8) is 0 Å². The molecule has 9 heteroatoms. The molecule has 2 N–H and O–H groups in total. The first kappa shape index (κ1) is 24.0. The summed E-state index contributed by atoms with van der Waals surface area (Å²) >= 11 is 4.19. The Bertz CT molecular complexity index is 1230. The molecule has 1 saturated heterocycles. The maximum Gasteiger partial charge on any atom is 0.343 e. The van der Waals surface area contributed by atoms with E-state index < -0.39 is 23.1 Å². The summed E-state index contributed by atoms with van der Waals surface area (Å²) in [4.78, 5) is 45.3. The summed E-state index contributed by atoms with van der Waals surface area (Å²) in [7, 11) is 0. The van der Waals surface area contributed by atoms with Gasteiger partial charge < -0.3 is 9.84 Å². The van der Waals surface area contributed by atoms with Crippen molar-refractivity contribution < 1.29 is 29.0 Å². The first-order valence-corrected chi connectivity index (χ1v) is 11.0. The zero-order valence-electron chi connectivity index (χ0n) is 16.9. The van der Waals surface area contributed by atoms with Gasteiger partial charge in [0.15, 0.2) is 0 Å². The quantitative estimate of drug-likeness (QED) is 0.267. The number of carbonyl (C=O) groups is 4. The van der Waals surface area contributed by atoms with E-state index >= 15 is 0 Å². The van der Waals surface area contributed by atoms with Crippen molar-refractivity contribution in [2.45, 2.75) is 0 Å². The molecule has 166 valence electrons. The average molecular weight is 526 g/mol. The minimum absolute atomic E-state index is 0.320. The molecule has 0 radical (unpaired) electrons. The SMILES string of the molecule is O=C(O)c1ccccc1.O=C1NC(=O)/C(=C/c2ccc(OC(=O)c3ccccc3)c(Br)c2)S1. The van der Waals surface area contributed by atoms with Crippen molar-refractivity contribution in [3.8, 4) is 5.75 Å². The Labute approximate surface area is 201 Å². The van der Waals surface area contributed by atoms with E-state index in [0.717, 1.165) is 11.8 Å². The Morgan fingerprint density at radius 2 is 1.52 bits per heavy atom. The molecule has 1 fully saturated rings. The second-order valence-electron chi connectivity index (χ2n) is 6.47. The van der Waals surface area contributed by atoms with Gasteiger partial charge in [0.2, 0.25) is 0 Å². The topological polar surface area (TPSA) is 110 Å². The van der Waals surface area contributed by atoms with Crippen LogP contribution in [0.3, 0.4) is 0 Å². The van der Waals surface area contributed by atoms with Crippen LogP contribution in [0.2, 0.25) is 0 Å². The zero-order valence-corrected chi connectivity index (χ0v) is 19.3. The Balaban J connectivity index is 0.000000286. The van der Waals surface area contributed by atoms with E-state index in [9.17, 15) is 19.2 Å². The molecular weight excluding hydrogens is 510 g/mol. The van der Waals surface area contributed by atoms with Crippen LogP contribution in [0.5, 0.6) is 5.75 Å². The summed E-state index contributed by atoms with van der Waals surface area (Å²) in [6, 6.07) is 22.0. The van der Waals surface area contributed by atoms with E-state index in [1.807, 2.05) is 6.07 Å². The highest BCUT2D eigenvalue weighted by molar-refractivity contribution is 9.10. The summed E-state index contributed by atoms with van der Waals surface area (Å²) in [5, 5.41) is 10.2. The van der Waals surface area contributed by atoms with Gasteiger partial charge in [0, 0.05) is 0 Å². The van der Waals surface area contributed by atoms with Crippen molar-refractivity contribution in [3.05, 3.63) is 105 Å². The first-order valence-electron chi connectivity index (χ1n) is 9.43. The number of thioether (sulfide) groups is 1. The van der Waals surface area contributed by atoms with Gasteiger partial charge in [-0.15, -0.1) is 0 Å². The number of halogens is 1. The smallest absolute Gasteiger partial charge is 0.343 e. The number of hydrogen-bond acceptors (Lipinski definition) is 6. The number of carbonyl (C=O) groups excluding carboxylic acids is 3. The van der Waals surface area contributed by atoms with E-state index in [0.29, 0.717) is 31.8 Å². The number of ether oxygens (including phenoxy) is 1. The van der Waals surface area contributed by atoms with E-state index in [1.165, 1.54) is 0 Å². The van der Waals surface area contributed by atoms with Gasteiger partial charge >= 0.3 is 11.9 Å².